The smallest absolute Gasteiger partial charge is 0.358 e. The molecular weight excluding hydrogens is 230 g/mol. The van der Waals surface area contributed by atoms with Gasteiger partial charge in [-0.15, -0.1) is 0 Å². The van der Waals surface area contributed by atoms with Crippen LogP contribution >= 0.6 is 0 Å². The lowest BCUT2D eigenvalue weighted by Gasteiger charge is -2.38. The van der Waals surface area contributed by atoms with E-state index in [-0.39, 0.29) is 17.2 Å². The Labute approximate surface area is 107 Å². The van der Waals surface area contributed by atoms with E-state index in [0.29, 0.717) is 11.6 Å². The number of carbonyl (C=O) groups is 1. The van der Waals surface area contributed by atoms with Gasteiger partial charge in [-0.25, -0.2) is 4.79 Å². The summed E-state index contributed by atoms with van der Waals surface area (Å²) in [4.78, 5) is 11.9. The lowest BCUT2D eigenvalue weighted by molar-refractivity contribution is -0.00756. The van der Waals surface area contributed by atoms with Crippen molar-refractivity contribution in [1.29, 1.82) is 0 Å². The molecule has 0 radical (unpaired) electrons. The fourth-order valence-corrected chi connectivity index (χ4v) is 3.02. The number of anilines is 1. The minimum atomic E-state index is -0.403. The zero-order valence-corrected chi connectivity index (χ0v) is 11.2. The number of nitrogens with one attached hydrogen (secondary N) is 1. The highest BCUT2D eigenvalue weighted by Gasteiger charge is 2.34. The topological polar surface area (TPSA) is 81.0 Å². The van der Waals surface area contributed by atoms with Crippen LogP contribution in [-0.4, -0.2) is 22.3 Å². The van der Waals surface area contributed by atoms with Crippen molar-refractivity contribution in [3.63, 3.8) is 0 Å². The summed E-state index contributed by atoms with van der Waals surface area (Å²) in [5, 5.41) is 6.31. The van der Waals surface area contributed by atoms with Crippen LogP contribution in [0.25, 0.3) is 0 Å². The van der Waals surface area contributed by atoms with E-state index >= 15 is 0 Å². The van der Waals surface area contributed by atoms with Gasteiger partial charge in [0.05, 0.1) is 11.9 Å². The van der Waals surface area contributed by atoms with Gasteiger partial charge in [0.2, 0.25) is 0 Å². The van der Waals surface area contributed by atoms with Crippen LogP contribution in [0, 0.1) is 11.3 Å². The van der Waals surface area contributed by atoms with Crippen molar-refractivity contribution in [1.82, 2.24) is 10.2 Å². The molecule has 5 nitrogen and oxygen atoms in total. The number of rotatable bonds is 2. The first-order valence-corrected chi connectivity index (χ1v) is 6.37. The molecule has 1 heterocycles. The zero-order valence-electron chi connectivity index (χ0n) is 11.2. The number of ether oxygens (including phenoxy) is 1. The molecule has 18 heavy (non-hydrogen) atoms. The quantitative estimate of drug-likeness (QED) is 0.791. The first kappa shape index (κ1) is 12.9. The van der Waals surface area contributed by atoms with Crippen molar-refractivity contribution in [2.24, 2.45) is 11.3 Å². The highest BCUT2D eigenvalue weighted by molar-refractivity contribution is 5.92. The summed E-state index contributed by atoms with van der Waals surface area (Å²) < 4.78 is 5.53. The first-order chi connectivity index (χ1) is 8.37. The molecule has 3 N–H and O–H groups in total. The summed E-state index contributed by atoms with van der Waals surface area (Å²) >= 11 is 0. The Morgan fingerprint density at radius 1 is 1.56 bits per heavy atom. The van der Waals surface area contributed by atoms with Crippen molar-refractivity contribution in [3.8, 4) is 0 Å². The van der Waals surface area contributed by atoms with Crippen LogP contribution in [0.15, 0.2) is 6.20 Å². The molecule has 0 saturated heterocycles. The predicted molar refractivity (Wildman–Crippen MR) is 69.0 cm³/mol. The fourth-order valence-electron chi connectivity index (χ4n) is 3.02. The van der Waals surface area contributed by atoms with Crippen molar-refractivity contribution < 1.29 is 9.53 Å². The highest BCUT2D eigenvalue weighted by Crippen LogP contribution is 2.39. The van der Waals surface area contributed by atoms with Crippen LogP contribution in [0.2, 0.25) is 0 Å². The Bertz CT molecular complexity index is 439. The molecule has 1 saturated carbocycles. The molecule has 0 amide bonds. The van der Waals surface area contributed by atoms with Gasteiger partial charge >= 0.3 is 5.97 Å². The molecule has 1 fully saturated rings. The average Bonchev–Trinajstić information content (AvgIpc) is 2.60. The van der Waals surface area contributed by atoms with Crippen molar-refractivity contribution in [2.45, 2.75) is 46.1 Å². The molecule has 0 spiro atoms. The van der Waals surface area contributed by atoms with Crippen molar-refractivity contribution >= 4 is 11.7 Å². The minimum absolute atomic E-state index is 0.0288. The van der Waals surface area contributed by atoms with Crippen molar-refractivity contribution in [2.75, 3.05) is 5.73 Å². The molecule has 0 bridgehead atoms. The number of aromatic amines is 1. The van der Waals surface area contributed by atoms with E-state index in [0.717, 1.165) is 12.8 Å². The third-order valence-electron chi connectivity index (χ3n) is 3.49. The van der Waals surface area contributed by atoms with E-state index in [9.17, 15) is 4.79 Å². The Kier molecular flexibility index (Phi) is 3.32. The molecule has 0 aromatic carbocycles. The summed E-state index contributed by atoms with van der Waals surface area (Å²) in [7, 11) is 0. The number of hydrogen-bond donors (Lipinski definition) is 2. The third-order valence-corrected chi connectivity index (χ3v) is 3.49. The second-order valence-electron chi connectivity index (χ2n) is 6.14. The second-order valence-corrected chi connectivity index (χ2v) is 6.14. The van der Waals surface area contributed by atoms with Crippen LogP contribution in [0.5, 0.6) is 0 Å². The molecule has 2 unspecified atom stereocenters. The maximum absolute atomic E-state index is 11.9. The second kappa shape index (κ2) is 4.63. The van der Waals surface area contributed by atoms with E-state index in [2.05, 4.69) is 31.0 Å². The van der Waals surface area contributed by atoms with Gasteiger partial charge in [-0.2, -0.15) is 5.10 Å². The number of nitrogens with two attached hydrogens (primary N) is 1. The van der Waals surface area contributed by atoms with E-state index in [4.69, 9.17) is 10.5 Å². The molecule has 1 aromatic rings. The number of esters is 1. The lowest BCUT2D eigenvalue weighted by Crippen LogP contribution is -2.34. The maximum Gasteiger partial charge on any atom is 0.358 e. The predicted octanol–water partition coefficient (Wildman–Crippen LogP) is 2.36. The number of nitrogens with zero attached hydrogens (tertiary/aromatic N) is 1. The van der Waals surface area contributed by atoms with Crippen LogP contribution in [0.4, 0.5) is 5.69 Å². The minimum Gasteiger partial charge on any atom is -0.458 e. The van der Waals surface area contributed by atoms with E-state index in [1.807, 2.05) is 0 Å². The van der Waals surface area contributed by atoms with E-state index in [1.165, 1.54) is 12.6 Å². The number of aromatic nitrogens is 2. The molecule has 5 heteroatoms. The molecular formula is C13H21N3O2. The molecule has 1 aliphatic rings. The molecule has 2 rings (SSSR count). The summed E-state index contributed by atoms with van der Waals surface area (Å²) in [6.07, 6.45) is 4.39. The van der Waals surface area contributed by atoms with E-state index in [1.54, 1.807) is 0 Å². The Morgan fingerprint density at radius 2 is 2.28 bits per heavy atom. The monoisotopic (exact) mass is 251 g/mol. The standard InChI is InChI=1S/C13H21N3O2/c1-8-4-9(6-13(2,3)5-8)18-12(17)11-10(14)7-15-16-11/h7-9H,4-6,14H2,1-3H3,(H,15,16). The summed E-state index contributed by atoms with van der Waals surface area (Å²) in [5.41, 5.74) is 6.45. The first-order valence-electron chi connectivity index (χ1n) is 6.37. The van der Waals surface area contributed by atoms with Crippen LogP contribution < -0.4 is 5.73 Å². The fraction of sp³-hybridized carbons (Fsp3) is 0.692. The number of nitrogen functional groups attached to an aromatic ring is 1. The summed E-state index contributed by atoms with van der Waals surface area (Å²) in [5.74, 6) is 0.172. The van der Waals surface area contributed by atoms with Gasteiger partial charge < -0.3 is 10.5 Å². The number of H-pyrrole nitrogens is 1. The summed E-state index contributed by atoms with van der Waals surface area (Å²) in [6.45, 7) is 6.63. The maximum atomic E-state index is 11.9. The van der Waals surface area contributed by atoms with Gasteiger partial charge in [-0.1, -0.05) is 20.8 Å². The highest BCUT2D eigenvalue weighted by atomic mass is 16.5. The molecule has 0 aliphatic heterocycles. The van der Waals surface area contributed by atoms with Gasteiger partial charge in [-0.3, -0.25) is 5.10 Å². The molecule has 1 aliphatic carbocycles. The molecule has 100 valence electrons. The normalized spacial score (nSPS) is 26.8. The molecule has 2 atom stereocenters. The van der Waals surface area contributed by atoms with Gasteiger partial charge in [-0.05, 0) is 30.6 Å². The lowest BCUT2D eigenvalue weighted by atomic mass is 9.71. The van der Waals surface area contributed by atoms with Gasteiger partial charge in [0.1, 0.15) is 6.10 Å². The average molecular weight is 251 g/mol. The van der Waals surface area contributed by atoms with Crippen molar-refractivity contribution in [3.05, 3.63) is 11.9 Å². The van der Waals surface area contributed by atoms with Gasteiger partial charge in [0, 0.05) is 0 Å². The van der Waals surface area contributed by atoms with Gasteiger partial charge in [0.15, 0.2) is 5.69 Å². The Morgan fingerprint density at radius 3 is 2.83 bits per heavy atom. The SMILES string of the molecule is CC1CC(OC(=O)c2[nH]ncc2N)CC(C)(C)C1. The number of hydrogen-bond acceptors (Lipinski definition) is 4. The van der Waals surface area contributed by atoms with Gasteiger partial charge in [0.25, 0.3) is 0 Å². The third kappa shape index (κ3) is 2.83. The Balaban J connectivity index is 2.01. The van der Waals surface area contributed by atoms with Crippen LogP contribution in [0.1, 0.15) is 50.5 Å². The van der Waals surface area contributed by atoms with Crippen LogP contribution in [-0.2, 0) is 4.74 Å². The zero-order chi connectivity index (χ0) is 13.3. The largest absolute Gasteiger partial charge is 0.458 e. The summed E-state index contributed by atoms with van der Waals surface area (Å²) in [6, 6.07) is 0. The van der Waals surface area contributed by atoms with Crippen LogP contribution in [0.3, 0.4) is 0 Å². The number of carbonyl (C=O) groups excluding carboxylic acids is 1. The molecule has 1 aromatic heterocycles. The Hall–Kier alpha value is -1.52. The van der Waals surface area contributed by atoms with E-state index < -0.39 is 5.97 Å².